The van der Waals surface area contributed by atoms with Gasteiger partial charge in [-0.15, -0.1) is 0 Å². The van der Waals surface area contributed by atoms with Crippen LogP contribution in [0.2, 0.25) is 0 Å². The number of primary amides is 1. The van der Waals surface area contributed by atoms with Crippen LogP contribution in [0.1, 0.15) is 10.4 Å². The Morgan fingerprint density at radius 3 is 2.68 bits per heavy atom. The average molecular weight is 259 g/mol. The molecule has 1 heterocycles. The van der Waals surface area contributed by atoms with E-state index in [0.29, 0.717) is 22.3 Å². The first kappa shape index (κ1) is 12.8. The van der Waals surface area contributed by atoms with Gasteiger partial charge in [0.15, 0.2) is 0 Å². The van der Waals surface area contributed by atoms with Crippen LogP contribution in [-0.4, -0.2) is 35.6 Å². The number of hydrogen-bond acceptors (Lipinski definition) is 4. The van der Waals surface area contributed by atoms with E-state index in [4.69, 9.17) is 10.8 Å². The summed E-state index contributed by atoms with van der Waals surface area (Å²) < 4.78 is 0. The van der Waals surface area contributed by atoms with Crippen LogP contribution in [0.15, 0.2) is 30.3 Å². The van der Waals surface area contributed by atoms with Crippen LogP contribution >= 0.6 is 0 Å². The van der Waals surface area contributed by atoms with E-state index in [-0.39, 0.29) is 6.54 Å². The molecule has 0 saturated carbocycles. The van der Waals surface area contributed by atoms with Crippen molar-refractivity contribution in [3.8, 4) is 0 Å². The maximum atomic E-state index is 11.5. The molecule has 19 heavy (non-hydrogen) atoms. The second-order valence-corrected chi connectivity index (χ2v) is 4.16. The van der Waals surface area contributed by atoms with Gasteiger partial charge in [0.2, 0.25) is 5.91 Å². The number of pyridine rings is 1. The normalized spacial score (nSPS) is 10.4. The highest BCUT2D eigenvalue weighted by atomic mass is 16.4. The summed E-state index contributed by atoms with van der Waals surface area (Å²) in [5.74, 6) is -1.14. The number of carbonyl (C=O) groups is 2. The van der Waals surface area contributed by atoms with Gasteiger partial charge in [0.05, 0.1) is 11.1 Å². The van der Waals surface area contributed by atoms with Gasteiger partial charge in [-0.25, -0.2) is 4.98 Å². The summed E-state index contributed by atoms with van der Waals surface area (Å²) >= 11 is 0. The molecule has 0 saturated heterocycles. The third-order valence-corrected chi connectivity index (χ3v) is 2.73. The number of carbonyl (C=O) groups excluding carboxylic acids is 1. The minimum atomic E-state index is -0.974. The van der Waals surface area contributed by atoms with Gasteiger partial charge in [-0.05, 0) is 12.1 Å². The van der Waals surface area contributed by atoms with E-state index in [0.717, 1.165) is 0 Å². The molecule has 1 aromatic carbocycles. The Hall–Kier alpha value is -2.63. The molecule has 0 atom stereocenters. The summed E-state index contributed by atoms with van der Waals surface area (Å²) in [6.45, 7) is -0.205. The van der Waals surface area contributed by atoms with Crippen LogP contribution in [0, 0.1) is 0 Å². The van der Waals surface area contributed by atoms with Crippen LogP contribution in [-0.2, 0) is 4.79 Å². The fourth-order valence-corrected chi connectivity index (χ4v) is 1.84. The van der Waals surface area contributed by atoms with Gasteiger partial charge in [0.1, 0.15) is 12.4 Å². The van der Waals surface area contributed by atoms with Gasteiger partial charge in [-0.1, -0.05) is 18.2 Å². The molecule has 0 fully saturated rings. The Morgan fingerprint density at radius 1 is 1.37 bits per heavy atom. The summed E-state index contributed by atoms with van der Waals surface area (Å²) in [5.41, 5.74) is 6.28. The molecule has 98 valence electrons. The molecular weight excluding hydrogens is 246 g/mol. The largest absolute Gasteiger partial charge is 0.480 e. The maximum absolute atomic E-state index is 11.5. The number of aliphatic carboxylic acids is 1. The molecule has 6 heteroatoms. The Labute approximate surface area is 109 Å². The third-order valence-electron chi connectivity index (χ3n) is 2.73. The highest BCUT2D eigenvalue weighted by Crippen LogP contribution is 2.22. The average Bonchev–Trinajstić information content (AvgIpc) is 2.36. The van der Waals surface area contributed by atoms with Crippen LogP contribution in [0.25, 0.3) is 10.9 Å². The molecule has 0 radical (unpaired) electrons. The number of nitrogens with two attached hydrogens (primary N) is 1. The Kier molecular flexibility index (Phi) is 3.33. The van der Waals surface area contributed by atoms with Crippen LogP contribution < -0.4 is 10.6 Å². The summed E-state index contributed by atoms with van der Waals surface area (Å²) in [4.78, 5) is 27.9. The minimum Gasteiger partial charge on any atom is -0.480 e. The second-order valence-electron chi connectivity index (χ2n) is 4.16. The van der Waals surface area contributed by atoms with Crippen molar-refractivity contribution >= 4 is 28.6 Å². The molecule has 6 nitrogen and oxygen atoms in total. The highest BCUT2D eigenvalue weighted by molar-refractivity contribution is 6.06. The van der Waals surface area contributed by atoms with E-state index in [1.165, 1.54) is 11.0 Å². The summed E-state index contributed by atoms with van der Waals surface area (Å²) in [7, 11) is 1.59. The van der Waals surface area contributed by atoms with Gasteiger partial charge >= 0.3 is 5.97 Å². The zero-order valence-electron chi connectivity index (χ0n) is 10.3. The molecule has 0 aliphatic carbocycles. The summed E-state index contributed by atoms with van der Waals surface area (Å²) in [5, 5.41) is 9.43. The molecule has 0 aliphatic heterocycles. The fraction of sp³-hybridized carbons (Fsp3) is 0.154. The van der Waals surface area contributed by atoms with Gasteiger partial charge in [-0.3, -0.25) is 9.59 Å². The van der Waals surface area contributed by atoms with Crippen molar-refractivity contribution in [2.75, 3.05) is 18.5 Å². The zero-order chi connectivity index (χ0) is 14.0. The summed E-state index contributed by atoms with van der Waals surface area (Å²) in [6, 6.07) is 8.59. The number of likely N-dealkylation sites (N-methyl/N-ethyl adjacent to an activating group) is 1. The zero-order valence-corrected chi connectivity index (χ0v) is 10.3. The molecule has 0 aliphatic rings. The standard InChI is InChI=1S/C13H13N3O3/c1-16(7-12(17)18)11-6-9(13(14)19)8-4-2-3-5-10(8)15-11/h2-6H,7H2,1H3,(H2,14,19)(H,17,18). The van der Waals surface area contributed by atoms with Crippen molar-refractivity contribution in [2.45, 2.75) is 0 Å². The quantitative estimate of drug-likeness (QED) is 0.848. The van der Waals surface area contributed by atoms with E-state index < -0.39 is 11.9 Å². The van der Waals surface area contributed by atoms with E-state index in [9.17, 15) is 9.59 Å². The number of aromatic nitrogens is 1. The predicted molar refractivity (Wildman–Crippen MR) is 71.2 cm³/mol. The number of hydrogen-bond donors (Lipinski definition) is 2. The van der Waals surface area contributed by atoms with Gasteiger partial charge in [-0.2, -0.15) is 0 Å². The molecule has 2 aromatic rings. The van der Waals surface area contributed by atoms with E-state index in [1.807, 2.05) is 0 Å². The van der Waals surface area contributed by atoms with Crippen molar-refractivity contribution in [1.29, 1.82) is 0 Å². The van der Waals surface area contributed by atoms with Gasteiger partial charge in [0, 0.05) is 12.4 Å². The molecule has 3 N–H and O–H groups in total. The molecule has 0 spiro atoms. The van der Waals surface area contributed by atoms with Crippen molar-refractivity contribution in [1.82, 2.24) is 4.98 Å². The molecule has 1 aromatic heterocycles. The predicted octanol–water partition coefficient (Wildman–Crippen LogP) is 0.854. The molecule has 2 rings (SSSR count). The second kappa shape index (κ2) is 4.93. The number of benzene rings is 1. The first-order valence-electron chi connectivity index (χ1n) is 5.61. The minimum absolute atomic E-state index is 0.205. The Bertz CT molecular complexity index is 655. The smallest absolute Gasteiger partial charge is 0.323 e. The third kappa shape index (κ3) is 2.62. The lowest BCUT2D eigenvalue weighted by Crippen LogP contribution is -2.26. The first-order valence-corrected chi connectivity index (χ1v) is 5.61. The lowest BCUT2D eigenvalue weighted by atomic mass is 10.1. The maximum Gasteiger partial charge on any atom is 0.323 e. The summed E-state index contributed by atoms with van der Waals surface area (Å²) in [6.07, 6.45) is 0. The number of amides is 1. The number of carboxylic acids is 1. The van der Waals surface area contributed by atoms with Crippen molar-refractivity contribution in [3.05, 3.63) is 35.9 Å². The van der Waals surface area contributed by atoms with E-state index in [2.05, 4.69) is 4.98 Å². The van der Waals surface area contributed by atoms with Crippen LogP contribution in [0.4, 0.5) is 5.82 Å². The number of para-hydroxylation sites is 1. The fourth-order valence-electron chi connectivity index (χ4n) is 1.84. The van der Waals surface area contributed by atoms with E-state index >= 15 is 0 Å². The molecular formula is C13H13N3O3. The molecule has 0 unspecified atom stereocenters. The highest BCUT2D eigenvalue weighted by Gasteiger charge is 2.13. The van der Waals surface area contributed by atoms with Crippen LogP contribution in [0.3, 0.4) is 0 Å². The van der Waals surface area contributed by atoms with Crippen molar-refractivity contribution in [3.63, 3.8) is 0 Å². The number of nitrogens with zero attached hydrogens (tertiary/aromatic N) is 2. The molecule has 0 bridgehead atoms. The lowest BCUT2D eigenvalue weighted by molar-refractivity contribution is -0.135. The van der Waals surface area contributed by atoms with Gasteiger partial charge < -0.3 is 15.7 Å². The first-order chi connectivity index (χ1) is 8.99. The number of anilines is 1. The van der Waals surface area contributed by atoms with Crippen molar-refractivity contribution < 1.29 is 14.7 Å². The number of rotatable bonds is 4. The number of carboxylic acid groups (broad SMARTS) is 1. The van der Waals surface area contributed by atoms with Gasteiger partial charge in [0.25, 0.3) is 0 Å². The van der Waals surface area contributed by atoms with E-state index in [1.54, 1.807) is 31.3 Å². The Balaban J connectivity index is 2.58. The van der Waals surface area contributed by atoms with Crippen molar-refractivity contribution in [2.24, 2.45) is 5.73 Å². The number of fused-ring (bicyclic) bond motifs is 1. The van der Waals surface area contributed by atoms with Crippen LogP contribution in [0.5, 0.6) is 0 Å². The topological polar surface area (TPSA) is 96.5 Å². The monoisotopic (exact) mass is 259 g/mol. The SMILES string of the molecule is CN(CC(=O)O)c1cc(C(N)=O)c2ccccc2n1. The molecule has 1 amide bonds. The Morgan fingerprint density at radius 2 is 2.05 bits per heavy atom. The lowest BCUT2D eigenvalue weighted by Gasteiger charge is -2.17.